The van der Waals surface area contributed by atoms with Crippen LogP contribution in [0.3, 0.4) is 0 Å². The van der Waals surface area contributed by atoms with Gasteiger partial charge in [0.05, 0.1) is 17.9 Å². The summed E-state index contributed by atoms with van der Waals surface area (Å²) in [4.78, 5) is 41.6. The number of ether oxygens (including phenoxy) is 1. The number of hydrogen-bond acceptors (Lipinski definition) is 4. The van der Waals surface area contributed by atoms with Crippen molar-refractivity contribution in [3.05, 3.63) is 24.8 Å². The average Bonchev–Trinajstić information content (AvgIpc) is 3.51. The number of likely N-dealkylation sites (tertiary alicyclic amines) is 1. The molecule has 2 saturated heterocycles. The molecule has 162 valence electrons. The van der Waals surface area contributed by atoms with Crippen LogP contribution in [-0.4, -0.2) is 59.0 Å². The van der Waals surface area contributed by atoms with Crippen molar-refractivity contribution in [1.82, 2.24) is 15.5 Å². The molecule has 3 amide bonds. The molecule has 7 nitrogen and oxygen atoms in total. The number of fused-ring (bicyclic) bond motifs is 1. The van der Waals surface area contributed by atoms with E-state index in [1.54, 1.807) is 11.0 Å². The minimum atomic E-state index is -1.06. The van der Waals surface area contributed by atoms with Crippen molar-refractivity contribution in [3.8, 4) is 0 Å². The normalized spacial score (nSPS) is 37.7. The summed E-state index contributed by atoms with van der Waals surface area (Å²) in [6, 6.07) is -0.435. The van der Waals surface area contributed by atoms with Crippen molar-refractivity contribution < 1.29 is 19.1 Å². The highest BCUT2D eigenvalue weighted by atomic mass is 16.5. The van der Waals surface area contributed by atoms with Gasteiger partial charge in [-0.15, -0.1) is 6.58 Å². The van der Waals surface area contributed by atoms with Gasteiger partial charge in [-0.2, -0.15) is 0 Å². The lowest BCUT2D eigenvalue weighted by Crippen LogP contribution is -2.56. The molecule has 0 aromatic carbocycles. The topological polar surface area (TPSA) is 87.7 Å². The second-order valence-electron chi connectivity index (χ2n) is 9.46. The van der Waals surface area contributed by atoms with E-state index < -0.39 is 29.6 Å². The molecule has 1 spiro atoms. The van der Waals surface area contributed by atoms with Gasteiger partial charge in [-0.05, 0) is 25.7 Å². The zero-order valence-electron chi connectivity index (χ0n) is 17.3. The molecule has 3 heterocycles. The minimum absolute atomic E-state index is 0.119. The van der Waals surface area contributed by atoms with Gasteiger partial charge in [-0.25, -0.2) is 0 Å². The van der Waals surface area contributed by atoms with Crippen LogP contribution in [0.5, 0.6) is 0 Å². The van der Waals surface area contributed by atoms with Crippen LogP contribution < -0.4 is 10.6 Å². The van der Waals surface area contributed by atoms with Crippen molar-refractivity contribution in [3.63, 3.8) is 0 Å². The summed E-state index contributed by atoms with van der Waals surface area (Å²) >= 11 is 0. The largest absolute Gasteiger partial charge is 0.359 e. The van der Waals surface area contributed by atoms with Crippen LogP contribution in [0.2, 0.25) is 0 Å². The summed E-state index contributed by atoms with van der Waals surface area (Å²) in [7, 11) is 0. The smallest absolute Gasteiger partial charge is 0.246 e. The van der Waals surface area contributed by atoms with Gasteiger partial charge in [0.25, 0.3) is 0 Å². The molecule has 4 fully saturated rings. The molecular formula is C23H31N3O4. The summed E-state index contributed by atoms with van der Waals surface area (Å²) in [6.07, 6.45) is 13.3. The van der Waals surface area contributed by atoms with Crippen LogP contribution in [0.25, 0.3) is 0 Å². The van der Waals surface area contributed by atoms with Gasteiger partial charge in [-0.3, -0.25) is 14.4 Å². The van der Waals surface area contributed by atoms with Crippen LogP contribution in [0.15, 0.2) is 24.8 Å². The van der Waals surface area contributed by atoms with Gasteiger partial charge in [0.2, 0.25) is 17.7 Å². The number of carbonyl (C=O) groups is 3. The predicted molar refractivity (Wildman–Crippen MR) is 110 cm³/mol. The fraction of sp³-hybridized carbons (Fsp3) is 0.696. The third-order valence-corrected chi connectivity index (χ3v) is 7.65. The molecule has 5 aliphatic rings. The van der Waals surface area contributed by atoms with Crippen molar-refractivity contribution in [2.45, 2.75) is 81.2 Å². The van der Waals surface area contributed by atoms with Crippen LogP contribution >= 0.6 is 0 Å². The highest BCUT2D eigenvalue weighted by Crippen LogP contribution is 2.55. The first-order valence-electron chi connectivity index (χ1n) is 11.4. The Balaban J connectivity index is 1.42. The zero-order valence-corrected chi connectivity index (χ0v) is 17.3. The first-order valence-corrected chi connectivity index (χ1v) is 11.4. The van der Waals surface area contributed by atoms with Gasteiger partial charge in [0.15, 0.2) is 0 Å². The standard InChI is InChI=1S/C23H31N3O4/c1-2-13-26-19(21(28)25-15-9-5-6-10-15)23-12-11-16(30-23)17(18(23)22(26)29)20(27)24-14-7-3-4-8-14/h2,11-12,14-19H,1,3-10,13H2,(H,24,27)(H,25,28)/t16-,17+,18+,19+,23+/m1/s1. The van der Waals surface area contributed by atoms with E-state index in [0.29, 0.717) is 0 Å². The van der Waals surface area contributed by atoms with Gasteiger partial charge in [0, 0.05) is 18.6 Å². The van der Waals surface area contributed by atoms with Crippen molar-refractivity contribution in [1.29, 1.82) is 0 Å². The van der Waals surface area contributed by atoms with Crippen molar-refractivity contribution in [2.24, 2.45) is 11.8 Å². The number of hydrogen-bond donors (Lipinski definition) is 2. The molecule has 0 aromatic rings. The van der Waals surface area contributed by atoms with Crippen LogP contribution in [-0.2, 0) is 19.1 Å². The maximum absolute atomic E-state index is 13.5. The summed E-state index contributed by atoms with van der Waals surface area (Å²) in [5, 5.41) is 6.28. The molecular weight excluding hydrogens is 382 g/mol. The number of nitrogens with zero attached hydrogens (tertiary/aromatic N) is 1. The second-order valence-corrected chi connectivity index (χ2v) is 9.46. The van der Waals surface area contributed by atoms with Crippen LogP contribution in [0.4, 0.5) is 0 Å². The zero-order chi connectivity index (χ0) is 20.9. The second kappa shape index (κ2) is 7.52. The Hall–Kier alpha value is -2.15. The number of carbonyl (C=O) groups excluding carboxylic acids is 3. The van der Waals surface area contributed by atoms with Gasteiger partial charge in [0.1, 0.15) is 11.6 Å². The van der Waals surface area contributed by atoms with E-state index in [0.717, 1.165) is 51.4 Å². The number of rotatable bonds is 6. The molecule has 2 bridgehead atoms. The van der Waals surface area contributed by atoms with E-state index in [1.807, 2.05) is 12.2 Å². The highest BCUT2D eigenvalue weighted by molar-refractivity contribution is 6.00. The Bertz CT molecular complexity index is 783. The van der Waals surface area contributed by atoms with E-state index >= 15 is 0 Å². The Labute approximate surface area is 177 Å². The van der Waals surface area contributed by atoms with E-state index in [-0.39, 0.29) is 36.3 Å². The Morgan fingerprint density at radius 2 is 1.70 bits per heavy atom. The molecule has 7 heteroatoms. The molecule has 2 aliphatic carbocycles. The molecule has 2 N–H and O–H groups in total. The van der Waals surface area contributed by atoms with E-state index in [9.17, 15) is 14.4 Å². The number of amides is 3. The Morgan fingerprint density at radius 3 is 2.30 bits per heavy atom. The quantitative estimate of drug-likeness (QED) is 0.645. The molecule has 2 saturated carbocycles. The molecule has 5 rings (SSSR count). The first kappa shape index (κ1) is 19.8. The number of nitrogens with one attached hydrogen (secondary N) is 2. The maximum Gasteiger partial charge on any atom is 0.246 e. The summed E-state index contributed by atoms with van der Waals surface area (Å²) in [6.45, 7) is 4.03. The molecule has 0 aromatic heterocycles. The first-order chi connectivity index (χ1) is 14.5. The lowest BCUT2D eigenvalue weighted by atomic mass is 9.74. The van der Waals surface area contributed by atoms with Crippen molar-refractivity contribution in [2.75, 3.05) is 6.54 Å². The lowest BCUT2D eigenvalue weighted by Gasteiger charge is -2.32. The molecule has 0 unspecified atom stereocenters. The summed E-state index contributed by atoms with van der Waals surface area (Å²) < 4.78 is 6.30. The van der Waals surface area contributed by atoms with Crippen LogP contribution in [0.1, 0.15) is 51.4 Å². The molecule has 5 atom stereocenters. The average molecular weight is 414 g/mol. The predicted octanol–water partition coefficient (Wildman–Crippen LogP) is 1.44. The van der Waals surface area contributed by atoms with E-state index in [1.165, 1.54) is 0 Å². The molecule has 30 heavy (non-hydrogen) atoms. The van der Waals surface area contributed by atoms with E-state index in [4.69, 9.17) is 4.74 Å². The van der Waals surface area contributed by atoms with Gasteiger partial charge < -0.3 is 20.3 Å². The van der Waals surface area contributed by atoms with E-state index in [2.05, 4.69) is 17.2 Å². The SMILES string of the molecule is C=CCN1C(=O)[C@@H]2[C@@H](C(=O)NC3CCCC3)[C@H]3C=C[C@@]2(O3)[C@@H]1C(=O)NC1CCCC1. The van der Waals surface area contributed by atoms with Gasteiger partial charge in [-0.1, -0.05) is 43.9 Å². The summed E-state index contributed by atoms with van der Waals surface area (Å²) in [5.41, 5.74) is -1.06. The fourth-order valence-electron chi connectivity index (χ4n) is 6.32. The summed E-state index contributed by atoms with van der Waals surface area (Å²) in [5.74, 6) is -1.72. The highest BCUT2D eigenvalue weighted by Gasteiger charge is 2.72. The molecule has 3 aliphatic heterocycles. The third kappa shape index (κ3) is 2.93. The minimum Gasteiger partial charge on any atom is -0.359 e. The molecule has 0 radical (unpaired) electrons. The third-order valence-electron chi connectivity index (χ3n) is 7.65. The maximum atomic E-state index is 13.5. The van der Waals surface area contributed by atoms with Crippen LogP contribution in [0, 0.1) is 11.8 Å². The Kier molecular flexibility index (Phi) is 4.96. The lowest BCUT2D eigenvalue weighted by molar-refractivity contribution is -0.141. The van der Waals surface area contributed by atoms with Crippen molar-refractivity contribution >= 4 is 17.7 Å². The monoisotopic (exact) mass is 413 g/mol. The fourth-order valence-corrected chi connectivity index (χ4v) is 6.32. The Morgan fingerprint density at radius 1 is 1.10 bits per heavy atom. The van der Waals surface area contributed by atoms with Gasteiger partial charge >= 0.3 is 0 Å².